The maximum Gasteiger partial charge on any atom is 0.127 e. The van der Waals surface area contributed by atoms with Gasteiger partial charge in [0.05, 0.1) is 13.7 Å². The first kappa shape index (κ1) is 13.8. The molecule has 4 heteroatoms. The zero-order chi connectivity index (χ0) is 12.7. The number of methoxy groups -OCH3 is 1. The molecule has 0 bridgehead atoms. The van der Waals surface area contributed by atoms with Gasteiger partial charge in [-0.15, -0.1) is 0 Å². The molecule has 0 radical (unpaired) electrons. The summed E-state index contributed by atoms with van der Waals surface area (Å²) >= 11 is 0. The summed E-state index contributed by atoms with van der Waals surface area (Å²) < 4.78 is 10.9. The Morgan fingerprint density at radius 2 is 2.18 bits per heavy atom. The molecule has 1 atom stereocenters. The van der Waals surface area contributed by atoms with Crippen molar-refractivity contribution in [3.63, 3.8) is 0 Å². The predicted octanol–water partition coefficient (Wildman–Crippen LogP) is 1.42. The van der Waals surface area contributed by atoms with Gasteiger partial charge < -0.3 is 19.9 Å². The van der Waals surface area contributed by atoms with Crippen molar-refractivity contribution in [3.8, 4) is 11.5 Å². The SMILES string of the molecule is CNCc1ccc(OC)cc1OCC(C)CO. The van der Waals surface area contributed by atoms with E-state index in [4.69, 9.17) is 14.6 Å². The number of hydrogen-bond donors (Lipinski definition) is 2. The second-order valence-electron chi connectivity index (χ2n) is 4.10. The van der Waals surface area contributed by atoms with Crippen LogP contribution in [0, 0.1) is 5.92 Å². The number of hydrogen-bond acceptors (Lipinski definition) is 4. The van der Waals surface area contributed by atoms with E-state index in [0.717, 1.165) is 23.6 Å². The Morgan fingerprint density at radius 3 is 2.76 bits per heavy atom. The molecule has 1 aromatic carbocycles. The molecule has 1 unspecified atom stereocenters. The minimum absolute atomic E-state index is 0.128. The molecule has 2 N–H and O–H groups in total. The van der Waals surface area contributed by atoms with Crippen molar-refractivity contribution < 1.29 is 14.6 Å². The van der Waals surface area contributed by atoms with Gasteiger partial charge in [-0.1, -0.05) is 13.0 Å². The van der Waals surface area contributed by atoms with Gasteiger partial charge in [-0.05, 0) is 13.1 Å². The molecule has 0 aromatic heterocycles. The molecule has 96 valence electrons. The molecule has 0 aliphatic rings. The molecule has 4 nitrogen and oxygen atoms in total. The molecule has 1 rings (SSSR count). The van der Waals surface area contributed by atoms with Crippen molar-refractivity contribution in [2.24, 2.45) is 5.92 Å². The molecule has 1 aromatic rings. The van der Waals surface area contributed by atoms with Crippen LogP contribution in [0.4, 0.5) is 0 Å². The Kier molecular flexibility index (Phi) is 5.80. The maximum absolute atomic E-state index is 8.97. The van der Waals surface area contributed by atoms with E-state index in [1.54, 1.807) is 7.11 Å². The fraction of sp³-hybridized carbons (Fsp3) is 0.538. The lowest BCUT2D eigenvalue weighted by Crippen LogP contribution is -2.14. The van der Waals surface area contributed by atoms with Crippen LogP contribution in [0.25, 0.3) is 0 Å². The van der Waals surface area contributed by atoms with Gasteiger partial charge >= 0.3 is 0 Å². The zero-order valence-corrected chi connectivity index (χ0v) is 10.7. The van der Waals surface area contributed by atoms with Crippen LogP contribution in [-0.4, -0.2) is 32.5 Å². The van der Waals surface area contributed by atoms with E-state index < -0.39 is 0 Å². The van der Waals surface area contributed by atoms with E-state index >= 15 is 0 Å². The molecule has 17 heavy (non-hydrogen) atoms. The van der Waals surface area contributed by atoms with Crippen molar-refractivity contribution in [1.82, 2.24) is 5.32 Å². The topological polar surface area (TPSA) is 50.7 Å². The third-order valence-electron chi connectivity index (χ3n) is 2.48. The molecule has 0 heterocycles. The molecular weight excluding hydrogens is 218 g/mol. The minimum Gasteiger partial charge on any atom is -0.497 e. The minimum atomic E-state index is 0.128. The first-order chi connectivity index (χ1) is 8.21. The van der Waals surface area contributed by atoms with Gasteiger partial charge in [0.25, 0.3) is 0 Å². The molecule has 0 saturated carbocycles. The zero-order valence-electron chi connectivity index (χ0n) is 10.7. The maximum atomic E-state index is 8.97. The predicted molar refractivity (Wildman–Crippen MR) is 67.5 cm³/mol. The quantitative estimate of drug-likeness (QED) is 0.755. The lowest BCUT2D eigenvalue weighted by Gasteiger charge is -2.15. The molecule has 0 amide bonds. The number of nitrogens with one attached hydrogen (secondary N) is 1. The standard InChI is InChI=1S/C13H21NO3/c1-10(8-15)9-17-13-6-12(16-3)5-4-11(13)7-14-2/h4-6,10,14-15H,7-9H2,1-3H3. The summed E-state index contributed by atoms with van der Waals surface area (Å²) in [6.07, 6.45) is 0. The van der Waals surface area contributed by atoms with Crippen LogP contribution in [0.5, 0.6) is 11.5 Å². The summed E-state index contributed by atoms with van der Waals surface area (Å²) in [6, 6.07) is 5.76. The third kappa shape index (κ3) is 4.24. The average molecular weight is 239 g/mol. The van der Waals surface area contributed by atoms with Crippen molar-refractivity contribution in [1.29, 1.82) is 0 Å². The Labute approximate surface area is 103 Å². The Morgan fingerprint density at radius 1 is 1.41 bits per heavy atom. The molecule has 0 aliphatic heterocycles. The van der Waals surface area contributed by atoms with Crippen molar-refractivity contribution in [3.05, 3.63) is 23.8 Å². The number of aliphatic hydroxyl groups is 1. The highest BCUT2D eigenvalue weighted by molar-refractivity contribution is 5.40. The van der Waals surface area contributed by atoms with Crippen LogP contribution < -0.4 is 14.8 Å². The van der Waals surface area contributed by atoms with Gasteiger partial charge in [-0.2, -0.15) is 0 Å². The highest BCUT2D eigenvalue weighted by Crippen LogP contribution is 2.25. The van der Waals surface area contributed by atoms with E-state index in [0.29, 0.717) is 6.61 Å². The van der Waals surface area contributed by atoms with Gasteiger partial charge in [0.2, 0.25) is 0 Å². The summed E-state index contributed by atoms with van der Waals surface area (Å²) in [7, 11) is 3.53. The van der Waals surface area contributed by atoms with Crippen LogP contribution in [0.3, 0.4) is 0 Å². The number of rotatable bonds is 7. The Bertz CT molecular complexity index is 341. The van der Waals surface area contributed by atoms with Crippen molar-refractivity contribution >= 4 is 0 Å². The summed E-state index contributed by atoms with van der Waals surface area (Å²) in [5.41, 5.74) is 1.08. The molecule has 0 fully saturated rings. The molecular formula is C13H21NO3. The van der Waals surface area contributed by atoms with Crippen LogP contribution >= 0.6 is 0 Å². The number of benzene rings is 1. The van der Waals surface area contributed by atoms with Gasteiger partial charge in [-0.25, -0.2) is 0 Å². The van der Waals surface area contributed by atoms with Crippen molar-refractivity contribution in [2.45, 2.75) is 13.5 Å². The molecule has 0 spiro atoms. The van der Waals surface area contributed by atoms with Crippen LogP contribution in [-0.2, 0) is 6.54 Å². The third-order valence-corrected chi connectivity index (χ3v) is 2.48. The summed E-state index contributed by atoms with van der Waals surface area (Å²) in [5.74, 6) is 1.71. The van der Waals surface area contributed by atoms with Crippen LogP contribution in [0.2, 0.25) is 0 Å². The lowest BCUT2D eigenvalue weighted by atomic mass is 10.2. The summed E-state index contributed by atoms with van der Waals surface area (Å²) in [5, 5.41) is 12.1. The first-order valence-corrected chi connectivity index (χ1v) is 5.76. The molecule has 0 aliphatic carbocycles. The van der Waals surface area contributed by atoms with Crippen LogP contribution in [0.1, 0.15) is 12.5 Å². The lowest BCUT2D eigenvalue weighted by molar-refractivity contribution is 0.173. The van der Waals surface area contributed by atoms with Crippen molar-refractivity contribution in [2.75, 3.05) is 27.4 Å². The normalized spacial score (nSPS) is 12.2. The van der Waals surface area contributed by atoms with E-state index in [9.17, 15) is 0 Å². The van der Waals surface area contributed by atoms with E-state index in [1.165, 1.54) is 0 Å². The van der Waals surface area contributed by atoms with E-state index in [1.807, 2.05) is 32.2 Å². The van der Waals surface area contributed by atoms with Gasteiger partial charge in [-0.3, -0.25) is 0 Å². The highest BCUT2D eigenvalue weighted by atomic mass is 16.5. The Hall–Kier alpha value is -1.26. The van der Waals surface area contributed by atoms with Gasteiger partial charge in [0.15, 0.2) is 0 Å². The smallest absolute Gasteiger partial charge is 0.127 e. The fourth-order valence-corrected chi connectivity index (χ4v) is 1.42. The van der Waals surface area contributed by atoms with Gasteiger partial charge in [0.1, 0.15) is 11.5 Å². The largest absolute Gasteiger partial charge is 0.497 e. The van der Waals surface area contributed by atoms with E-state index in [-0.39, 0.29) is 12.5 Å². The fourth-order valence-electron chi connectivity index (χ4n) is 1.42. The highest BCUT2D eigenvalue weighted by Gasteiger charge is 2.07. The van der Waals surface area contributed by atoms with Gasteiger partial charge in [0, 0.05) is 30.7 Å². The van der Waals surface area contributed by atoms with E-state index in [2.05, 4.69) is 5.32 Å². The monoisotopic (exact) mass is 239 g/mol. The summed E-state index contributed by atoms with van der Waals surface area (Å²) in [4.78, 5) is 0. The van der Waals surface area contributed by atoms with Crippen LogP contribution in [0.15, 0.2) is 18.2 Å². The second-order valence-corrected chi connectivity index (χ2v) is 4.10. The summed E-state index contributed by atoms with van der Waals surface area (Å²) in [6.45, 7) is 3.32. The molecule has 0 saturated heterocycles. The Balaban J connectivity index is 2.77. The number of aliphatic hydroxyl groups excluding tert-OH is 1. The number of ether oxygens (including phenoxy) is 2. The average Bonchev–Trinajstić information content (AvgIpc) is 2.37. The second kappa shape index (κ2) is 7.14. The first-order valence-electron chi connectivity index (χ1n) is 5.76.